The first kappa shape index (κ1) is 15.2. The summed E-state index contributed by atoms with van der Waals surface area (Å²) in [6.45, 7) is 2.99. The van der Waals surface area contributed by atoms with Crippen LogP contribution in [0.15, 0.2) is 24.3 Å². The predicted molar refractivity (Wildman–Crippen MR) is 85.5 cm³/mol. The highest BCUT2D eigenvalue weighted by atomic mass is 16.5. The van der Waals surface area contributed by atoms with Gasteiger partial charge in [0.2, 0.25) is 0 Å². The first-order valence-electron chi connectivity index (χ1n) is 7.92. The summed E-state index contributed by atoms with van der Waals surface area (Å²) in [6.07, 6.45) is 8.04. The van der Waals surface area contributed by atoms with Crippen molar-refractivity contribution in [1.82, 2.24) is 0 Å². The molecule has 0 aromatic heterocycles. The summed E-state index contributed by atoms with van der Waals surface area (Å²) >= 11 is 0. The highest BCUT2D eigenvalue weighted by Crippen LogP contribution is 2.27. The number of benzene rings is 1. The van der Waals surface area contributed by atoms with Crippen LogP contribution in [0.3, 0.4) is 0 Å². The van der Waals surface area contributed by atoms with Gasteiger partial charge in [0, 0.05) is 18.8 Å². The standard InChI is InChI=1S/C17H28N2O/c1-20-17-10-8-16(9-11-17)19(13-5-12-18)14-15-6-3-2-4-7-15/h8-11,15H,2-7,12-14,18H2,1H3. The fourth-order valence-corrected chi connectivity index (χ4v) is 3.08. The molecule has 0 unspecified atom stereocenters. The van der Waals surface area contributed by atoms with Crippen LogP contribution in [0.2, 0.25) is 0 Å². The molecule has 0 heterocycles. The number of nitrogens with two attached hydrogens (primary N) is 1. The Labute approximate surface area is 123 Å². The van der Waals surface area contributed by atoms with Crippen LogP contribution in [0, 0.1) is 5.92 Å². The lowest BCUT2D eigenvalue weighted by Crippen LogP contribution is -2.32. The van der Waals surface area contributed by atoms with E-state index < -0.39 is 0 Å². The fourth-order valence-electron chi connectivity index (χ4n) is 3.08. The highest BCUT2D eigenvalue weighted by molar-refractivity contribution is 5.49. The first-order valence-corrected chi connectivity index (χ1v) is 7.92. The summed E-state index contributed by atoms with van der Waals surface area (Å²) in [5.41, 5.74) is 6.98. The van der Waals surface area contributed by atoms with Crippen LogP contribution in [-0.4, -0.2) is 26.7 Å². The van der Waals surface area contributed by atoms with E-state index in [1.165, 1.54) is 44.3 Å². The molecule has 0 bridgehead atoms. The zero-order valence-electron chi connectivity index (χ0n) is 12.7. The van der Waals surface area contributed by atoms with Crippen LogP contribution in [-0.2, 0) is 0 Å². The van der Waals surface area contributed by atoms with Gasteiger partial charge in [0.1, 0.15) is 5.75 Å². The molecule has 0 aliphatic heterocycles. The number of nitrogens with zero attached hydrogens (tertiary/aromatic N) is 1. The minimum atomic E-state index is 0.761. The molecule has 1 aromatic carbocycles. The molecule has 0 spiro atoms. The smallest absolute Gasteiger partial charge is 0.119 e. The Hall–Kier alpha value is -1.22. The lowest BCUT2D eigenvalue weighted by Gasteiger charge is -2.31. The maximum absolute atomic E-state index is 5.69. The summed E-state index contributed by atoms with van der Waals surface area (Å²) in [7, 11) is 1.71. The molecule has 1 aliphatic carbocycles. The van der Waals surface area contributed by atoms with Crippen molar-refractivity contribution in [3.05, 3.63) is 24.3 Å². The van der Waals surface area contributed by atoms with E-state index in [1.54, 1.807) is 7.11 Å². The van der Waals surface area contributed by atoms with Gasteiger partial charge in [0.05, 0.1) is 7.11 Å². The Morgan fingerprint density at radius 3 is 2.45 bits per heavy atom. The highest BCUT2D eigenvalue weighted by Gasteiger charge is 2.17. The van der Waals surface area contributed by atoms with Crippen molar-refractivity contribution >= 4 is 5.69 Å². The van der Waals surface area contributed by atoms with E-state index in [2.05, 4.69) is 17.0 Å². The second kappa shape index (κ2) is 8.15. The second-order valence-corrected chi connectivity index (χ2v) is 5.79. The lowest BCUT2D eigenvalue weighted by atomic mass is 9.89. The molecule has 2 rings (SSSR count). The van der Waals surface area contributed by atoms with Gasteiger partial charge >= 0.3 is 0 Å². The largest absolute Gasteiger partial charge is 0.497 e. The second-order valence-electron chi connectivity index (χ2n) is 5.79. The summed E-state index contributed by atoms with van der Waals surface area (Å²) in [5.74, 6) is 1.77. The summed E-state index contributed by atoms with van der Waals surface area (Å²) < 4.78 is 5.24. The van der Waals surface area contributed by atoms with Crippen LogP contribution in [0.4, 0.5) is 5.69 Å². The summed E-state index contributed by atoms with van der Waals surface area (Å²) in [5, 5.41) is 0. The Morgan fingerprint density at radius 1 is 1.15 bits per heavy atom. The number of ether oxygens (including phenoxy) is 1. The predicted octanol–water partition coefficient (Wildman–Crippen LogP) is 3.43. The molecule has 0 amide bonds. The van der Waals surface area contributed by atoms with E-state index in [9.17, 15) is 0 Å². The van der Waals surface area contributed by atoms with Crippen molar-refractivity contribution in [2.24, 2.45) is 11.7 Å². The molecule has 20 heavy (non-hydrogen) atoms. The lowest BCUT2D eigenvalue weighted by molar-refractivity contribution is 0.357. The number of rotatable bonds is 7. The Morgan fingerprint density at radius 2 is 1.85 bits per heavy atom. The molecule has 2 N–H and O–H groups in total. The number of hydrogen-bond donors (Lipinski definition) is 1. The zero-order chi connectivity index (χ0) is 14.2. The Kier molecular flexibility index (Phi) is 6.19. The van der Waals surface area contributed by atoms with E-state index in [1.807, 2.05) is 12.1 Å². The van der Waals surface area contributed by atoms with Gasteiger partial charge in [-0.2, -0.15) is 0 Å². The molecule has 112 valence electrons. The third-order valence-electron chi connectivity index (χ3n) is 4.27. The molecule has 0 saturated heterocycles. The maximum Gasteiger partial charge on any atom is 0.119 e. The Balaban J connectivity index is 2.00. The average molecular weight is 276 g/mol. The number of methoxy groups -OCH3 is 1. The van der Waals surface area contributed by atoms with Gasteiger partial charge < -0.3 is 15.4 Å². The van der Waals surface area contributed by atoms with Gasteiger partial charge in [0.15, 0.2) is 0 Å². The van der Waals surface area contributed by atoms with Crippen LogP contribution in [0.1, 0.15) is 38.5 Å². The van der Waals surface area contributed by atoms with E-state index >= 15 is 0 Å². The van der Waals surface area contributed by atoms with Crippen molar-refractivity contribution < 1.29 is 4.74 Å². The zero-order valence-corrected chi connectivity index (χ0v) is 12.7. The van der Waals surface area contributed by atoms with Gasteiger partial charge in [-0.1, -0.05) is 19.3 Å². The van der Waals surface area contributed by atoms with E-state index in [0.717, 1.165) is 31.2 Å². The molecule has 0 atom stereocenters. The van der Waals surface area contributed by atoms with E-state index in [-0.39, 0.29) is 0 Å². The molecule has 1 fully saturated rings. The quantitative estimate of drug-likeness (QED) is 0.829. The maximum atomic E-state index is 5.69. The van der Waals surface area contributed by atoms with Crippen LogP contribution in [0.25, 0.3) is 0 Å². The van der Waals surface area contributed by atoms with Gasteiger partial charge in [-0.05, 0) is 56.0 Å². The fraction of sp³-hybridized carbons (Fsp3) is 0.647. The molecule has 0 radical (unpaired) electrons. The number of hydrogen-bond acceptors (Lipinski definition) is 3. The van der Waals surface area contributed by atoms with Gasteiger partial charge in [0.25, 0.3) is 0 Å². The minimum absolute atomic E-state index is 0.761. The van der Waals surface area contributed by atoms with Crippen LogP contribution in [0.5, 0.6) is 5.75 Å². The molecular weight excluding hydrogens is 248 g/mol. The van der Waals surface area contributed by atoms with Gasteiger partial charge in [-0.25, -0.2) is 0 Å². The van der Waals surface area contributed by atoms with Gasteiger partial charge in [-0.15, -0.1) is 0 Å². The average Bonchev–Trinajstić information content (AvgIpc) is 2.52. The molecular formula is C17H28N2O. The third-order valence-corrected chi connectivity index (χ3v) is 4.27. The van der Waals surface area contributed by atoms with Crippen molar-refractivity contribution in [3.8, 4) is 5.75 Å². The summed E-state index contributed by atoms with van der Waals surface area (Å²) in [4.78, 5) is 2.50. The minimum Gasteiger partial charge on any atom is -0.497 e. The SMILES string of the molecule is COc1ccc(N(CCCN)CC2CCCCC2)cc1. The van der Waals surface area contributed by atoms with Crippen LogP contribution >= 0.6 is 0 Å². The normalized spacial score (nSPS) is 16.1. The summed E-state index contributed by atoms with van der Waals surface area (Å²) in [6, 6.07) is 8.42. The molecule has 1 aliphatic rings. The van der Waals surface area contributed by atoms with Gasteiger partial charge in [-0.3, -0.25) is 0 Å². The monoisotopic (exact) mass is 276 g/mol. The topological polar surface area (TPSA) is 38.5 Å². The van der Waals surface area contributed by atoms with Crippen molar-refractivity contribution in [1.29, 1.82) is 0 Å². The van der Waals surface area contributed by atoms with Crippen LogP contribution < -0.4 is 15.4 Å². The molecule has 3 nitrogen and oxygen atoms in total. The molecule has 3 heteroatoms. The first-order chi connectivity index (χ1) is 9.83. The number of anilines is 1. The van der Waals surface area contributed by atoms with E-state index in [4.69, 9.17) is 10.5 Å². The Bertz CT molecular complexity index is 371. The van der Waals surface area contributed by atoms with E-state index in [0.29, 0.717) is 0 Å². The van der Waals surface area contributed by atoms with Crippen molar-refractivity contribution in [2.75, 3.05) is 31.6 Å². The van der Waals surface area contributed by atoms with Crippen molar-refractivity contribution in [3.63, 3.8) is 0 Å². The third kappa shape index (κ3) is 4.41. The van der Waals surface area contributed by atoms with Crippen molar-refractivity contribution in [2.45, 2.75) is 38.5 Å². The molecule has 1 aromatic rings. The molecule has 1 saturated carbocycles.